The minimum absolute atomic E-state index is 0. The highest BCUT2D eigenvalue weighted by Gasteiger charge is 2.32. The van der Waals surface area contributed by atoms with Crippen LogP contribution in [0.2, 0.25) is 0 Å². The highest BCUT2D eigenvalue weighted by Crippen LogP contribution is 2.25. The van der Waals surface area contributed by atoms with Gasteiger partial charge >= 0.3 is 0 Å². The van der Waals surface area contributed by atoms with Gasteiger partial charge in [0.2, 0.25) is 0 Å². The van der Waals surface area contributed by atoms with Crippen LogP contribution in [0.15, 0.2) is 29.3 Å². The highest BCUT2D eigenvalue weighted by atomic mass is 127. The molecule has 2 atom stereocenters. The number of nitrogens with one attached hydrogen (secondary N) is 1. The van der Waals surface area contributed by atoms with Crippen LogP contribution in [0.4, 0.5) is 4.39 Å². The molecule has 5 nitrogen and oxygen atoms in total. The molecule has 158 valence electrons. The van der Waals surface area contributed by atoms with Crippen molar-refractivity contribution in [1.29, 1.82) is 0 Å². The fraction of sp³-hybridized carbons (Fsp3) is 0.667. The van der Waals surface area contributed by atoms with Crippen molar-refractivity contribution in [2.45, 2.75) is 51.2 Å². The molecule has 0 saturated carbocycles. The Morgan fingerprint density at radius 3 is 2.75 bits per heavy atom. The Morgan fingerprint density at radius 2 is 2.07 bits per heavy atom. The van der Waals surface area contributed by atoms with Crippen molar-refractivity contribution in [3.05, 3.63) is 35.6 Å². The third kappa shape index (κ3) is 6.03. The minimum Gasteiger partial charge on any atom is -0.375 e. The van der Waals surface area contributed by atoms with Crippen molar-refractivity contribution in [3.8, 4) is 0 Å². The van der Waals surface area contributed by atoms with Crippen molar-refractivity contribution in [2.24, 2.45) is 4.99 Å². The molecule has 0 spiro atoms. The fourth-order valence-electron chi connectivity index (χ4n) is 3.69. The molecule has 0 bridgehead atoms. The summed E-state index contributed by atoms with van der Waals surface area (Å²) >= 11 is 0. The Kier molecular flexibility index (Phi) is 8.95. The predicted octanol–water partition coefficient (Wildman–Crippen LogP) is 3.57. The maximum atomic E-state index is 13.6. The Labute approximate surface area is 185 Å². The maximum absolute atomic E-state index is 13.6. The lowest BCUT2D eigenvalue weighted by Crippen LogP contribution is -2.53. The number of aliphatic imine (C=N–C) groups is 1. The second kappa shape index (κ2) is 10.7. The number of hydrogen-bond acceptors (Lipinski definition) is 3. The number of nitrogens with zero attached hydrogens (tertiary/aromatic N) is 2. The molecule has 0 amide bonds. The number of morpholine rings is 1. The molecule has 0 aliphatic carbocycles. The summed E-state index contributed by atoms with van der Waals surface area (Å²) in [7, 11) is 0. The lowest BCUT2D eigenvalue weighted by atomic mass is 9.85. The van der Waals surface area contributed by atoms with Gasteiger partial charge in [0.25, 0.3) is 0 Å². The van der Waals surface area contributed by atoms with Crippen LogP contribution in [0, 0.1) is 5.82 Å². The molecule has 2 heterocycles. The zero-order valence-corrected chi connectivity index (χ0v) is 19.4. The summed E-state index contributed by atoms with van der Waals surface area (Å²) < 4.78 is 25.4. The largest absolute Gasteiger partial charge is 0.375 e. The molecule has 1 aromatic carbocycles. The van der Waals surface area contributed by atoms with Crippen molar-refractivity contribution in [1.82, 2.24) is 10.2 Å². The lowest BCUT2D eigenvalue weighted by molar-refractivity contribution is -0.0817. The lowest BCUT2D eigenvalue weighted by Gasteiger charge is -2.37. The zero-order valence-electron chi connectivity index (χ0n) is 17.1. The van der Waals surface area contributed by atoms with Gasteiger partial charge in [0.15, 0.2) is 5.96 Å². The van der Waals surface area contributed by atoms with Crippen LogP contribution in [-0.2, 0) is 14.9 Å². The van der Waals surface area contributed by atoms with Gasteiger partial charge < -0.3 is 19.7 Å². The second-order valence-electron chi connectivity index (χ2n) is 7.97. The van der Waals surface area contributed by atoms with Gasteiger partial charge in [0.1, 0.15) is 11.9 Å². The van der Waals surface area contributed by atoms with Gasteiger partial charge in [-0.05, 0) is 37.5 Å². The van der Waals surface area contributed by atoms with Crippen LogP contribution >= 0.6 is 24.0 Å². The first-order chi connectivity index (χ1) is 13.0. The maximum Gasteiger partial charge on any atom is 0.194 e. The van der Waals surface area contributed by atoms with Crippen molar-refractivity contribution in [3.63, 3.8) is 0 Å². The summed E-state index contributed by atoms with van der Waals surface area (Å²) in [4.78, 5) is 7.15. The van der Waals surface area contributed by atoms with Crippen LogP contribution in [0.1, 0.15) is 39.2 Å². The van der Waals surface area contributed by atoms with E-state index >= 15 is 0 Å². The number of guanidine groups is 1. The van der Waals surface area contributed by atoms with Crippen molar-refractivity contribution in [2.75, 3.05) is 39.4 Å². The molecule has 0 aromatic heterocycles. The molecular weight excluding hydrogens is 472 g/mol. The van der Waals surface area contributed by atoms with Crippen molar-refractivity contribution < 1.29 is 13.9 Å². The topological polar surface area (TPSA) is 46.1 Å². The normalized spacial score (nSPS) is 23.4. The summed E-state index contributed by atoms with van der Waals surface area (Å²) in [6, 6.07) is 6.81. The number of hydrogen-bond donors (Lipinski definition) is 1. The van der Waals surface area contributed by atoms with Gasteiger partial charge in [0.05, 0.1) is 19.3 Å². The van der Waals surface area contributed by atoms with Crippen LogP contribution in [0.3, 0.4) is 0 Å². The standard InChI is InChI=1S/C21H32FN3O2.HI/c1-4-23-20(24-15-21(2,3)16-7-5-8-17(22)13-16)25-10-12-27-19(14-25)18-9-6-11-26-18;/h5,7-8,13,18-19H,4,6,9-12,14-15H2,1-3H3,(H,23,24);1H. The number of benzene rings is 1. The number of ether oxygens (including phenoxy) is 2. The third-order valence-electron chi connectivity index (χ3n) is 5.34. The Balaban J connectivity index is 0.00000280. The summed E-state index contributed by atoms with van der Waals surface area (Å²) in [5.74, 6) is 0.692. The van der Waals surface area contributed by atoms with E-state index in [0.717, 1.165) is 50.6 Å². The van der Waals surface area contributed by atoms with E-state index in [1.807, 2.05) is 6.07 Å². The molecule has 3 rings (SSSR count). The second-order valence-corrected chi connectivity index (χ2v) is 7.97. The average Bonchev–Trinajstić information content (AvgIpc) is 3.20. The molecular formula is C21H33FIN3O2. The first-order valence-electron chi connectivity index (χ1n) is 10.0. The number of halogens is 2. The predicted molar refractivity (Wildman–Crippen MR) is 121 cm³/mol. The van der Waals surface area contributed by atoms with Gasteiger partial charge in [-0.15, -0.1) is 24.0 Å². The Hall–Kier alpha value is -0.930. The quantitative estimate of drug-likeness (QED) is 0.378. The molecule has 1 aromatic rings. The SMILES string of the molecule is CCNC(=NCC(C)(C)c1cccc(F)c1)N1CCOC(C2CCCO2)C1.I. The van der Waals surface area contributed by atoms with E-state index in [4.69, 9.17) is 14.5 Å². The van der Waals surface area contributed by atoms with Gasteiger partial charge in [-0.25, -0.2) is 4.39 Å². The van der Waals surface area contributed by atoms with Gasteiger partial charge in [-0.3, -0.25) is 4.99 Å². The summed E-state index contributed by atoms with van der Waals surface area (Å²) in [6.45, 7) is 10.8. The van der Waals surface area contributed by atoms with E-state index in [1.54, 1.807) is 12.1 Å². The Morgan fingerprint density at radius 1 is 1.29 bits per heavy atom. The van der Waals surface area contributed by atoms with E-state index in [1.165, 1.54) is 6.07 Å². The van der Waals surface area contributed by atoms with Crippen LogP contribution in [0.5, 0.6) is 0 Å². The monoisotopic (exact) mass is 505 g/mol. The van der Waals surface area contributed by atoms with E-state index in [-0.39, 0.29) is 47.4 Å². The molecule has 2 unspecified atom stereocenters. The average molecular weight is 505 g/mol. The van der Waals surface area contributed by atoms with Crippen LogP contribution < -0.4 is 5.32 Å². The highest BCUT2D eigenvalue weighted by molar-refractivity contribution is 14.0. The van der Waals surface area contributed by atoms with Crippen LogP contribution in [-0.4, -0.2) is 62.5 Å². The van der Waals surface area contributed by atoms with Gasteiger partial charge in [0, 0.05) is 31.7 Å². The van der Waals surface area contributed by atoms with Gasteiger partial charge in [-0.2, -0.15) is 0 Å². The molecule has 0 radical (unpaired) electrons. The summed E-state index contributed by atoms with van der Waals surface area (Å²) in [6.07, 6.45) is 2.47. The molecule has 2 fully saturated rings. The molecule has 2 saturated heterocycles. The molecule has 2 aliphatic heterocycles. The number of rotatable bonds is 5. The third-order valence-corrected chi connectivity index (χ3v) is 5.34. The smallest absolute Gasteiger partial charge is 0.194 e. The molecule has 28 heavy (non-hydrogen) atoms. The first kappa shape index (κ1) is 23.3. The van der Waals surface area contributed by atoms with E-state index < -0.39 is 0 Å². The zero-order chi connectivity index (χ0) is 19.3. The Bertz CT molecular complexity index is 650. The van der Waals surface area contributed by atoms with E-state index in [0.29, 0.717) is 13.2 Å². The molecule has 1 N–H and O–H groups in total. The van der Waals surface area contributed by atoms with Crippen LogP contribution in [0.25, 0.3) is 0 Å². The fourth-order valence-corrected chi connectivity index (χ4v) is 3.69. The van der Waals surface area contributed by atoms with E-state index in [9.17, 15) is 4.39 Å². The van der Waals surface area contributed by atoms with Crippen molar-refractivity contribution >= 4 is 29.9 Å². The summed E-state index contributed by atoms with van der Waals surface area (Å²) in [5, 5.41) is 3.40. The van der Waals surface area contributed by atoms with Gasteiger partial charge in [-0.1, -0.05) is 26.0 Å². The molecule has 2 aliphatic rings. The van der Waals surface area contributed by atoms with E-state index in [2.05, 4.69) is 31.0 Å². The first-order valence-corrected chi connectivity index (χ1v) is 10.0. The minimum atomic E-state index is -0.247. The molecule has 7 heteroatoms. The summed E-state index contributed by atoms with van der Waals surface area (Å²) in [5.41, 5.74) is 0.713.